The van der Waals surface area contributed by atoms with Crippen molar-refractivity contribution >= 4 is 11.3 Å². The summed E-state index contributed by atoms with van der Waals surface area (Å²) in [6.07, 6.45) is 9.43. The Hall–Kier alpha value is -2.52. The molecule has 1 aliphatic rings. The summed E-state index contributed by atoms with van der Waals surface area (Å²) in [5.41, 5.74) is 2.92. The molecular weight excluding hydrogens is 294 g/mol. The first-order valence-electron chi connectivity index (χ1n) is 7.24. The molecule has 1 aliphatic carbocycles. The van der Waals surface area contributed by atoms with E-state index < -0.39 is 0 Å². The molecule has 0 N–H and O–H groups in total. The van der Waals surface area contributed by atoms with Gasteiger partial charge in [-0.1, -0.05) is 0 Å². The van der Waals surface area contributed by atoms with Gasteiger partial charge in [0.2, 0.25) is 0 Å². The Morgan fingerprint density at radius 1 is 1.18 bits per heavy atom. The molecule has 108 valence electrons. The van der Waals surface area contributed by atoms with Crippen molar-refractivity contribution in [3.8, 4) is 22.5 Å². The van der Waals surface area contributed by atoms with Crippen molar-refractivity contribution in [1.29, 1.82) is 5.26 Å². The summed E-state index contributed by atoms with van der Waals surface area (Å²) in [6, 6.07) is 6.19. The quantitative estimate of drug-likeness (QED) is 0.729. The van der Waals surface area contributed by atoms with Gasteiger partial charge in [0.05, 0.1) is 5.56 Å². The van der Waals surface area contributed by atoms with Crippen molar-refractivity contribution in [2.24, 2.45) is 0 Å². The summed E-state index contributed by atoms with van der Waals surface area (Å²) in [5, 5.41) is 14.9. The highest BCUT2D eigenvalue weighted by atomic mass is 32.1. The monoisotopic (exact) mass is 307 g/mol. The lowest BCUT2D eigenvalue weighted by atomic mass is 9.96. The van der Waals surface area contributed by atoms with Gasteiger partial charge in [-0.15, -0.1) is 11.3 Å². The average Bonchev–Trinajstić information content (AvgIpc) is 3.19. The molecule has 0 amide bonds. The zero-order valence-electron chi connectivity index (χ0n) is 11.9. The van der Waals surface area contributed by atoms with Gasteiger partial charge in [0.15, 0.2) is 5.82 Å². The molecule has 3 aromatic heterocycles. The van der Waals surface area contributed by atoms with E-state index in [4.69, 9.17) is 0 Å². The van der Waals surface area contributed by atoms with Crippen LogP contribution < -0.4 is 0 Å². The highest BCUT2D eigenvalue weighted by molar-refractivity contribution is 7.15. The molecule has 0 aliphatic heterocycles. The zero-order chi connectivity index (χ0) is 14.9. The van der Waals surface area contributed by atoms with Gasteiger partial charge in [-0.2, -0.15) is 10.4 Å². The summed E-state index contributed by atoms with van der Waals surface area (Å²) >= 11 is 1.68. The number of aromatic nitrogens is 4. The molecule has 0 spiro atoms. The number of nitrogens with zero attached hydrogens (tertiary/aromatic N) is 5. The topological polar surface area (TPSA) is 67.4 Å². The maximum Gasteiger partial charge on any atom is 0.164 e. The van der Waals surface area contributed by atoms with E-state index in [0.717, 1.165) is 41.2 Å². The molecular formula is C16H13N5S. The number of pyridine rings is 1. The molecule has 22 heavy (non-hydrogen) atoms. The normalized spacial score (nSPS) is 13.6. The molecule has 3 heterocycles. The van der Waals surface area contributed by atoms with Crippen LogP contribution in [0.5, 0.6) is 0 Å². The number of thiophene rings is 1. The van der Waals surface area contributed by atoms with Crippen LogP contribution in [-0.2, 0) is 12.8 Å². The minimum absolute atomic E-state index is 0.748. The molecule has 0 fully saturated rings. The lowest BCUT2D eigenvalue weighted by molar-refractivity contribution is 0.695. The molecule has 4 rings (SSSR count). The van der Waals surface area contributed by atoms with E-state index in [1.165, 1.54) is 23.2 Å². The van der Waals surface area contributed by atoms with Gasteiger partial charge < -0.3 is 0 Å². The number of fused-ring (bicyclic) bond motifs is 1. The van der Waals surface area contributed by atoms with Crippen molar-refractivity contribution < 1.29 is 0 Å². The summed E-state index contributed by atoms with van der Waals surface area (Å²) in [4.78, 5) is 9.73. The van der Waals surface area contributed by atoms with Crippen LogP contribution in [0.15, 0.2) is 30.9 Å². The van der Waals surface area contributed by atoms with Crippen LogP contribution in [0.25, 0.3) is 16.4 Å². The van der Waals surface area contributed by atoms with E-state index in [-0.39, 0.29) is 0 Å². The molecule has 0 aromatic carbocycles. The Kier molecular flexibility index (Phi) is 3.20. The number of aryl methyl sites for hydroxylation is 1. The van der Waals surface area contributed by atoms with Crippen LogP contribution in [0.1, 0.15) is 28.8 Å². The summed E-state index contributed by atoms with van der Waals surface area (Å²) in [5.74, 6) is 0.748. The van der Waals surface area contributed by atoms with Gasteiger partial charge in [-0.3, -0.25) is 4.98 Å². The standard InChI is InChI=1S/C16H13N5S/c17-9-13-12-3-1-2-4-14(12)22-16(13)21-15(19-10-20-21)11-5-7-18-8-6-11/h5-8,10H,1-4H2. The number of nitriles is 1. The van der Waals surface area contributed by atoms with Crippen LogP contribution in [0.3, 0.4) is 0 Å². The third kappa shape index (κ3) is 2.02. The highest BCUT2D eigenvalue weighted by Gasteiger charge is 2.23. The van der Waals surface area contributed by atoms with Crippen molar-refractivity contribution in [1.82, 2.24) is 19.7 Å². The second kappa shape index (κ2) is 5.35. The van der Waals surface area contributed by atoms with Gasteiger partial charge >= 0.3 is 0 Å². The van der Waals surface area contributed by atoms with E-state index in [1.54, 1.807) is 28.4 Å². The Morgan fingerprint density at radius 2 is 2.00 bits per heavy atom. The fraction of sp³-hybridized carbons (Fsp3) is 0.250. The van der Waals surface area contributed by atoms with Crippen molar-refractivity contribution in [3.63, 3.8) is 0 Å². The smallest absolute Gasteiger partial charge is 0.164 e. The predicted octanol–water partition coefficient (Wildman–Crippen LogP) is 3.14. The molecule has 5 nitrogen and oxygen atoms in total. The first-order valence-corrected chi connectivity index (χ1v) is 8.05. The summed E-state index contributed by atoms with van der Waals surface area (Å²) < 4.78 is 1.79. The first kappa shape index (κ1) is 13.2. The van der Waals surface area contributed by atoms with E-state index in [9.17, 15) is 5.26 Å². The number of rotatable bonds is 2. The molecule has 0 radical (unpaired) electrons. The largest absolute Gasteiger partial charge is 0.265 e. The van der Waals surface area contributed by atoms with Crippen LogP contribution in [0.4, 0.5) is 0 Å². The fourth-order valence-electron chi connectivity index (χ4n) is 2.90. The Morgan fingerprint density at radius 3 is 2.82 bits per heavy atom. The van der Waals surface area contributed by atoms with E-state index >= 15 is 0 Å². The van der Waals surface area contributed by atoms with Crippen molar-refractivity contribution in [3.05, 3.63) is 46.9 Å². The molecule has 6 heteroatoms. The molecule has 0 bridgehead atoms. The Bertz CT molecular complexity index is 857. The zero-order valence-corrected chi connectivity index (χ0v) is 12.7. The molecule has 0 saturated heterocycles. The maximum absolute atomic E-state index is 9.61. The Labute approximate surface area is 131 Å². The number of hydrogen-bond donors (Lipinski definition) is 0. The van der Waals surface area contributed by atoms with Crippen LogP contribution >= 0.6 is 11.3 Å². The number of hydrogen-bond acceptors (Lipinski definition) is 5. The lowest BCUT2D eigenvalue weighted by Gasteiger charge is -2.09. The third-order valence-corrected chi connectivity index (χ3v) is 5.21. The van der Waals surface area contributed by atoms with Gasteiger partial charge in [0, 0.05) is 22.8 Å². The predicted molar refractivity (Wildman–Crippen MR) is 83.8 cm³/mol. The SMILES string of the molecule is N#Cc1c(-n2ncnc2-c2ccncc2)sc2c1CCCC2. The van der Waals surface area contributed by atoms with Crippen molar-refractivity contribution in [2.45, 2.75) is 25.7 Å². The molecule has 3 aromatic rings. The van der Waals surface area contributed by atoms with Crippen LogP contribution in [-0.4, -0.2) is 19.7 Å². The van der Waals surface area contributed by atoms with E-state index in [2.05, 4.69) is 21.1 Å². The van der Waals surface area contributed by atoms with Crippen LogP contribution in [0, 0.1) is 11.3 Å². The van der Waals surface area contributed by atoms with Gasteiger partial charge in [0.25, 0.3) is 0 Å². The second-order valence-corrected chi connectivity index (χ2v) is 6.32. The first-order chi connectivity index (χ1) is 10.9. The minimum Gasteiger partial charge on any atom is -0.265 e. The Balaban J connectivity index is 1.90. The summed E-state index contributed by atoms with van der Waals surface area (Å²) in [6.45, 7) is 0. The maximum atomic E-state index is 9.61. The van der Waals surface area contributed by atoms with Gasteiger partial charge in [-0.05, 0) is 43.4 Å². The molecule has 0 saturated carbocycles. The van der Waals surface area contributed by atoms with E-state index in [1.807, 2.05) is 12.1 Å². The third-order valence-electron chi connectivity index (χ3n) is 3.94. The fourth-order valence-corrected chi connectivity index (χ4v) is 4.20. The second-order valence-electron chi connectivity index (χ2n) is 5.23. The molecule has 0 unspecified atom stereocenters. The highest BCUT2D eigenvalue weighted by Crippen LogP contribution is 2.37. The van der Waals surface area contributed by atoms with Crippen LogP contribution in [0.2, 0.25) is 0 Å². The minimum atomic E-state index is 0.748. The van der Waals surface area contributed by atoms with E-state index in [0.29, 0.717) is 0 Å². The van der Waals surface area contributed by atoms with Gasteiger partial charge in [0.1, 0.15) is 17.4 Å². The summed E-state index contributed by atoms with van der Waals surface area (Å²) in [7, 11) is 0. The van der Waals surface area contributed by atoms with Gasteiger partial charge in [-0.25, -0.2) is 9.67 Å². The average molecular weight is 307 g/mol. The lowest BCUT2D eigenvalue weighted by Crippen LogP contribution is -2.02. The van der Waals surface area contributed by atoms with Crippen molar-refractivity contribution in [2.75, 3.05) is 0 Å². The molecule has 0 atom stereocenters.